The zero-order valence-corrected chi connectivity index (χ0v) is 8.36. The number of aliphatic carboxylic acids is 1. The van der Waals surface area contributed by atoms with Gasteiger partial charge in [-0.25, -0.2) is 8.42 Å². The highest BCUT2D eigenvalue weighted by molar-refractivity contribution is 7.89. The van der Waals surface area contributed by atoms with Crippen LogP contribution in [0.2, 0.25) is 0 Å². The van der Waals surface area contributed by atoms with E-state index in [0.717, 1.165) is 10.3 Å². The molecule has 7 heteroatoms. The summed E-state index contributed by atoms with van der Waals surface area (Å²) in [6.07, 6.45) is 2.51. The monoisotopic (exact) mass is 218 g/mol. The van der Waals surface area contributed by atoms with Crippen LogP contribution >= 0.6 is 0 Å². The summed E-state index contributed by atoms with van der Waals surface area (Å²) in [7, 11) is -3.36. The summed E-state index contributed by atoms with van der Waals surface area (Å²) in [5, 5.41) is 12.1. The fourth-order valence-corrected chi connectivity index (χ4v) is 1.43. The molecule has 1 rings (SSSR count). The Kier molecular flexibility index (Phi) is 2.90. The fourth-order valence-electron chi connectivity index (χ4n) is 0.896. The lowest BCUT2D eigenvalue weighted by molar-refractivity contribution is -0.136. The Morgan fingerprint density at radius 1 is 1.64 bits per heavy atom. The van der Waals surface area contributed by atoms with Gasteiger partial charge < -0.3 is 5.11 Å². The van der Waals surface area contributed by atoms with Crippen LogP contribution in [0, 0.1) is 0 Å². The van der Waals surface area contributed by atoms with E-state index in [1.165, 1.54) is 12.3 Å². The molecule has 0 aromatic carbocycles. The largest absolute Gasteiger partial charge is 0.481 e. The van der Waals surface area contributed by atoms with Gasteiger partial charge in [0.25, 0.3) is 10.0 Å². The third-order valence-electron chi connectivity index (χ3n) is 1.56. The van der Waals surface area contributed by atoms with Crippen LogP contribution in [0.5, 0.6) is 0 Å². The molecule has 0 saturated heterocycles. The van der Waals surface area contributed by atoms with E-state index < -0.39 is 16.0 Å². The van der Waals surface area contributed by atoms with Crippen molar-refractivity contribution in [3.05, 3.63) is 18.0 Å². The van der Waals surface area contributed by atoms with E-state index in [0.29, 0.717) is 5.69 Å². The predicted octanol–water partition coefficient (Wildman–Crippen LogP) is -0.292. The number of rotatable bonds is 4. The van der Waals surface area contributed by atoms with Gasteiger partial charge in [-0.3, -0.25) is 4.79 Å². The second kappa shape index (κ2) is 3.79. The summed E-state index contributed by atoms with van der Waals surface area (Å²) in [4.78, 5) is 10.2. The first-order chi connectivity index (χ1) is 6.39. The average Bonchev–Trinajstić information content (AvgIpc) is 2.47. The smallest absolute Gasteiger partial charge is 0.303 e. The lowest BCUT2D eigenvalue weighted by Crippen LogP contribution is -2.11. The molecule has 0 bridgehead atoms. The minimum absolute atomic E-state index is 0.0548. The number of hydrogen-bond acceptors (Lipinski definition) is 4. The molecule has 0 spiro atoms. The molecule has 1 N–H and O–H groups in total. The van der Waals surface area contributed by atoms with Crippen molar-refractivity contribution >= 4 is 16.0 Å². The van der Waals surface area contributed by atoms with Crippen LogP contribution in [0.3, 0.4) is 0 Å². The van der Waals surface area contributed by atoms with Gasteiger partial charge in [0.05, 0.1) is 18.4 Å². The highest BCUT2D eigenvalue weighted by atomic mass is 32.2. The van der Waals surface area contributed by atoms with Gasteiger partial charge in [0, 0.05) is 12.6 Å². The van der Waals surface area contributed by atoms with E-state index in [-0.39, 0.29) is 12.8 Å². The van der Waals surface area contributed by atoms with Crippen molar-refractivity contribution in [2.75, 3.05) is 6.26 Å². The van der Waals surface area contributed by atoms with Crippen LogP contribution in [-0.4, -0.2) is 34.9 Å². The van der Waals surface area contributed by atoms with Gasteiger partial charge in [0.15, 0.2) is 0 Å². The number of carboxylic acid groups (broad SMARTS) is 1. The number of carbonyl (C=O) groups is 1. The summed E-state index contributed by atoms with van der Waals surface area (Å²) < 4.78 is 22.8. The summed E-state index contributed by atoms with van der Waals surface area (Å²) in [5.41, 5.74) is 0.456. The summed E-state index contributed by atoms with van der Waals surface area (Å²) in [6.45, 7) is 0. The molecule has 0 aliphatic heterocycles. The number of aromatic nitrogens is 2. The molecule has 0 radical (unpaired) electrons. The van der Waals surface area contributed by atoms with Gasteiger partial charge in [0.1, 0.15) is 0 Å². The molecular weight excluding hydrogens is 208 g/mol. The summed E-state index contributed by atoms with van der Waals surface area (Å²) in [6, 6.07) is 1.49. The van der Waals surface area contributed by atoms with Crippen LogP contribution in [0.4, 0.5) is 0 Å². The second-order valence-corrected chi connectivity index (χ2v) is 4.68. The van der Waals surface area contributed by atoms with Crippen LogP contribution in [0.25, 0.3) is 0 Å². The molecule has 0 fully saturated rings. The minimum Gasteiger partial charge on any atom is -0.481 e. The van der Waals surface area contributed by atoms with E-state index >= 15 is 0 Å². The van der Waals surface area contributed by atoms with Crippen LogP contribution in [0.1, 0.15) is 12.1 Å². The van der Waals surface area contributed by atoms with Crippen LogP contribution in [0.15, 0.2) is 12.3 Å². The van der Waals surface area contributed by atoms with Gasteiger partial charge in [-0.05, 0) is 6.07 Å². The Bertz CT molecular complexity index is 434. The number of aryl methyl sites for hydroxylation is 1. The zero-order valence-electron chi connectivity index (χ0n) is 7.54. The number of nitrogens with zero attached hydrogens (tertiary/aromatic N) is 2. The van der Waals surface area contributed by atoms with Gasteiger partial charge in [-0.15, -0.1) is 0 Å². The SMILES string of the molecule is CS(=O)(=O)n1ccc(CCC(=O)O)n1. The Morgan fingerprint density at radius 3 is 2.71 bits per heavy atom. The third-order valence-corrected chi connectivity index (χ3v) is 2.44. The van der Waals surface area contributed by atoms with Crippen molar-refractivity contribution in [3.63, 3.8) is 0 Å². The minimum atomic E-state index is -3.36. The molecule has 0 amide bonds. The van der Waals surface area contributed by atoms with Crippen LogP contribution < -0.4 is 0 Å². The Balaban J connectivity index is 2.74. The highest BCUT2D eigenvalue weighted by Crippen LogP contribution is 2.01. The van der Waals surface area contributed by atoms with Gasteiger partial charge in [-0.2, -0.15) is 9.19 Å². The first kappa shape index (κ1) is 10.7. The fraction of sp³-hybridized carbons (Fsp3) is 0.429. The Labute approximate surface area is 81.2 Å². The number of hydrogen-bond donors (Lipinski definition) is 1. The van der Waals surface area contributed by atoms with Gasteiger partial charge in [-0.1, -0.05) is 0 Å². The van der Waals surface area contributed by atoms with Crippen molar-refractivity contribution < 1.29 is 18.3 Å². The molecular formula is C7H10N2O4S. The first-order valence-corrected chi connectivity index (χ1v) is 5.71. The molecule has 0 unspecified atom stereocenters. The molecule has 1 aromatic heterocycles. The van der Waals surface area contributed by atoms with Crippen molar-refractivity contribution in [1.82, 2.24) is 9.19 Å². The molecule has 0 aliphatic carbocycles. The van der Waals surface area contributed by atoms with E-state index in [1.54, 1.807) is 0 Å². The van der Waals surface area contributed by atoms with Crippen molar-refractivity contribution in [2.45, 2.75) is 12.8 Å². The molecule has 1 heterocycles. The van der Waals surface area contributed by atoms with Crippen molar-refractivity contribution in [2.24, 2.45) is 0 Å². The predicted molar refractivity (Wildman–Crippen MR) is 48.4 cm³/mol. The van der Waals surface area contributed by atoms with Gasteiger partial charge >= 0.3 is 5.97 Å². The second-order valence-electron chi connectivity index (χ2n) is 2.84. The lowest BCUT2D eigenvalue weighted by atomic mass is 10.2. The Hall–Kier alpha value is -1.37. The molecule has 0 aliphatic rings. The van der Waals surface area contributed by atoms with Crippen molar-refractivity contribution in [1.29, 1.82) is 0 Å². The maximum Gasteiger partial charge on any atom is 0.303 e. The lowest BCUT2D eigenvalue weighted by Gasteiger charge is -1.95. The van der Waals surface area contributed by atoms with Gasteiger partial charge in [0.2, 0.25) is 0 Å². The van der Waals surface area contributed by atoms with E-state index in [1.807, 2.05) is 0 Å². The molecule has 0 atom stereocenters. The maximum atomic E-state index is 11.0. The average molecular weight is 218 g/mol. The zero-order chi connectivity index (χ0) is 10.8. The maximum absolute atomic E-state index is 11.0. The van der Waals surface area contributed by atoms with Crippen molar-refractivity contribution in [3.8, 4) is 0 Å². The summed E-state index contributed by atoms with van der Waals surface area (Å²) in [5.74, 6) is -0.932. The van der Waals surface area contributed by atoms with Crippen LogP contribution in [-0.2, 0) is 21.2 Å². The Morgan fingerprint density at radius 2 is 2.29 bits per heavy atom. The number of carboxylic acids is 1. The van der Waals surface area contributed by atoms with E-state index in [4.69, 9.17) is 5.11 Å². The van der Waals surface area contributed by atoms with E-state index in [2.05, 4.69) is 5.10 Å². The highest BCUT2D eigenvalue weighted by Gasteiger charge is 2.08. The molecule has 0 saturated carbocycles. The topological polar surface area (TPSA) is 89.3 Å². The molecule has 14 heavy (non-hydrogen) atoms. The third kappa shape index (κ3) is 2.84. The molecule has 6 nitrogen and oxygen atoms in total. The normalized spacial score (nSPS) is 11.5. The van der Waals surface area contributed by atoms with E-state index in [9.17, 15) is 13.2 Å². The standard InChI is InChI=1S/C7H10N2O4S/c1-14(12,13)9-5-4-6(8-9)2-3-7(10)11/h4-5H,2-3H2,1H3,(H,10,11). The summed E-state index contributed by atoms with van der Waals surface area (Å²) >= 11 is 0. The first-order valence-electron chi connectivity index (χ1n) is 3.86. The molecule has 78 valence electrons. The quantitative estimate of drug-likeness (QED) is 0.750. The molecule has 1 aromatic rings.